The summed E-state index contributed by atoms with van der Waals surface area (Å²) in [6, 6.07) is 55.8. The molecule has 0 bridgehead atoms. The first-order valence-electron chi connectivity index (χ1n) is 20.1. The maximum Gasteiger partial charge on any atom is 0.0131 e. The van der Waals surface area contributed by atoms with E-state index in [0.717, 1.165) is 0 Å². The highest BCUT2D eigenvalue weighted by Gasteiger charge is 2.35. The summed E-state index contributed by atoms with van der Waals surface area (Å²) in [6.07, 6.45) is 18.5. The number of rotatable bonds is 3. The fraction of sp³-hybridized carbons (Fsp3) is 0.0714. The lowest BCUT2D eigenvalue weighted by Gasteiger charge is -2.21. The second kappa shape index (κ2) is 11.4. The summed E-state index contributed by atoms with van der Waals surface area (Å²) in [5, 5.41) is 13.3. The molecule has 4 aliphatic rings. The van der Waals surface area contributed by atoms with Crippen molar-refractivity contribution in [1.82, 2.24) is 0 Å². The van der Waals surface area contributed by atoms with Crippen molar-refractivity contribution in [3.05, 3.63) is 216 Å². The number of hydrogen-bond acceptors (Lipinski definition) is 0. The van der Waals surface area contributed by atoms with Gasteiger partial charge in [0.05, 0.1) is 0 Å². The van der Waals surface area contributed by atoms with Crippen molar-refractivity contribution in [3.8, 4) is 33.4 Å². The molecule has 0 heteroatoms. The molecule has 0 spiro atoms. The van der Waals surface area contributed by atoms with Crippen LogP contribution in [-0.4, -0.2) is 0 Å². The van der Waals surface area contributed by atoms with E-state index >= 15 is 0 Å². The second-order valence-corrected chi connectivity index (χ2v) is 16.2. The molecule has 4 atom stereocenters. The van der Waals surface area contributed by atoms with Gasteiger partial charge in [-0.05, 0) is 122 Å². The fourth-order valence-electron chi connectivity index (χ4n) is 11.2. The predicted octanol–water partition coefficient (Wildman–Crippen LogP) is 15.1. The van der Waals surface area contributed by atoms with E-state index in [1.807, 2.05) is 0 Å². The third kappa shape index (κ3) is 4.09. The van der Waals surface area contributed by atoms with E-state index in [9.17, 15) is 0 Å². The highest BCUT2D eigenvalue weighted by molar-refractivity contribution is 6.26. The number of hydrogen-bond donors (Lipinski definition) is 0. The summed E-state index contributed by atoms with van der Waals surface area (Å²) in [5.74, 6) is 1.58. The maximum atomic E-state index is 2.49. The van der Waals surface area contributed by atoms with E-state index in [1.54, 1.807) is 0 Å². The highest BCUT2D eigenvalue weighted by Crippen LogP contribution is 2.55. The molecular weight excluding hydrogens is 673 g/mol. The molecule has 0 nitrogen and oxygen atoms in total. The Hall–Kier alpha value is -6.76. The summed E-state index contributed by atoms with van der Waals surface area (Å²) >= 11 is 0. The average molecular weight is 709 g/mol. The van der Waals surface area contributed by atoms with Gasteiger partial charge in [-0.25, -0.2) is 0 Å². The van der Waals surface area contributed by atoms with E-state index in [0.29, 0.717) is 23.7 Å². The Kier molecular flexibility index (Phi) is 6.21. The Labute approximate surface area is 326 Å². The summed E-state index contributed by atoms with van der Waals surface area (Å²) in [7, 11) is 0. The summed E-state index contributed by atoms with van der Waals surface area (Å²) in [6.45, 7) is 0. The van der Waals surface area contributed by atoms with Gasteiger partial charge in [-0.2, -0.15) is 0 Å². The first-order chi connectivity index (χ1) is 27.8. The maximum absolute atomic E-state index is 2.49. The third-order valence-corrected chi connectivity index (χ3v) is 13.6. The van der Waals surface area contributed by atoms with E-state index in [-0.39, 0.29) is 0 Å². The lowest BCUT2D eigenvalue weighted by Crippen LogP contribution is -2.01. The average Bonchev–Trinajstić information content (AvgIpc) is 3.77. The molecule has 9 aromatic carbocycles. The van der Waals surface area contributed by atoms with Crippen LogP contribution in [0.25, 0.3) is 87.2 Å². The smallest absolute Gasteiger partial charge is 0.0131 e. The lowest BCUT2D eigenvalue weighted by molar-refractivity contribution is 0.769. The zero-order valence-electron chi connectivity index (χ0n) is 30.8. The van der Waals surface area contributed by atoms with Gasteiger partial charge in [0, 0.05) is 23.7 Å². The van der Waals surface area contributed by atoms with Crippen molar-refractivity contribution in [1.29, 1.82) is 0 Å². The monoisotopic (exact) mass is 708 g/mol. The number of allylic oxidation sites excluding steroid dienone is 8. The molecule has 260 valence electrons. The Bertz CT molecular complexity index is 3280. The standard InChI is InChI=1S/C56H36/c1-2-12-34-31-35(24-23-33(34)11-1)36-25-26-51-52(32-36)56(50-30-28-48-40-16-6-4-14-38(40)42-20-10-22-46(50)54(42)48)44-18-8-7-17-43(44)55(51)49-29-27-47-39-15-5-3-13-37(39)41-19-9-21-45(49)53(41)47/h1-32,37-40H. The quantitative estimate of drug-likeness (QED) is 0.160. The third-order valence-electron chi connectivity index (χ3n) is 13.6. The van der Waals surface area contributed by atoms with Crippen LogP contribution in [0.5, 0.6) is 0 Å². The van der Waals surface area contributed by atoms with E-state index in [1.165, 1.54) is 109 Å². The van der Waals surface area contributed by atoms with Crippen molar-refractivity contribution in [2.24, 2.45) is 0 Å². The van der Waals surface area contributed by atoms with Crippen LogP contribution in [0.3, 0.4) is 0 Å². The van der Waals surface area contributed by atoms with E-state index < -0.39 is 0 Å². The zero-order valence-corrected chi connectivity index (χ0v) is 30.8. The second-order valence-electron chi connectivity index (χ2n) is 16.2. The fourth-order valence-corrected chi connectivity index (χ4v) is 11.2. The van der Waals surface area contributed by atoms with Gasteiger partial charge in [0.2, 0.25) is 0 Å². The minimum absolute atomic E-state index is 0.392. The van der Waals surface area contributed by atoms with Crippen molar-refractivity contribution >= 4 is 53.9 Å². The molecule has 13 rings (SSSR count). The van der Waals surface area contributed by atoms with E-state index in [4.69, 9.17) is 0 Å². The molecule has 0 heterocycles. The van der Waals surface area contributed by atoms with Gasteiger partial charge >= 0.3 is 0 Å². The van der Waals surface area contributed by atoms with Gasteiger partial charge in [-0.15, -0.1) is 0 Å². The Morgan fingerprint density at radius 3 is 1.32 bits per heavy atom. The molecule has 4 aliphatic carbocycles. The van der Waals surface area contributed by atoms with Gasteiger partial charge in [0.1, 0.15) is 0 Å². The minimum atomic E-state index is 0.392. The van der Waals surface area contributed by atoms with Crippen molar-refractivity contribution < 1.29 is 0 Å². The molecule has 56 heavy (non-hydrogen) atoms. The first-order valence-corrected chi connectivity index (χ1v) is 20.1. The van der Waals surface area contributed by atoms with Crippen LogP contribution in [0.15, 0.2) is 194 Å². The topological polar surface area (TPSA) is 0 Å². The number of benzene rings is 9. The van der Waals surface area contributed by atoms with Crippen molar-refractivity contribution in [2.45, 2.75) is 23.7 Å². The van der Waals surface area contributed by atoms with Crippen LogP contribution in [0.4, 0.5) is 0 Å². The molecule has 0 N–H and O–H groups in total. The van der Waals surface area contributed by atoms with Gasteiger partial charge in [-0.3, -0.25) is 0 Å². The molecule has 0 radical (unpaired) electrons. The van der Waals surface area contributed by atoms with Crippen LogP contribution < -0.4 is 0 Å². The Morgan fingerprint density at radius 2 is 0.732 bits per heavy atom. The highest BCUT2D eigenvalue weighted by atomic mass is 14.4. The van der Waals surface area contributed by atoms with E-state index in [2.05, 4.69) is 194 Å². The summed E-state index contributed by atoms with van der Waals surface area (Å²) in [5.41, 5.74) is 13.5. The van der Waals surface area contributed by atoms with Gasteiger partial charge < -0.3 is 0 Å². The normalized spacial score (nSPS) is 19.9. The Balaban J connectivity index is 1.15. The van der Waals surface area contributed by atoms with Crippen LogP contribution in [0.1, 0.15) is 45.9 Å². The first kappa shape index (κ1) is 30.6. The van der Waals surface area contributed by atoms with Gasteiger partial charge in [-0.1, -0.05) is 182 Å². The van der Waals surface area contributed by atoms with Crippen LogP contribution in [0, 0.1) is 0 Å². The molecule has 0 amide bonds. The molecule has 9 aromatic rings. The molecule has 0 saturated carbocycles. The SMILES string of the molecule is C1=CC2c3cccc4c(-c5c6ccccc6c(-c6ccc7c8c(cccc68)C6C=CC=CC76)c6cc(-c7ccc8ccccc8c7)ccc56)ccc(c34)C2C=C1. The van der Waals surface area contributed by atoms with Crippen molar-refractivity contribution in [3.63, 3.8) is 0 Å². The van der Waals surface area contributed by atoms with Crippen LogP contribution >= 0.6 is 0 Å². The van der Waals surface area contributed by atoms with Crippen molar-refractivity contribution in [2.75, 3.05) is 0 Å². The molecule has 4 unspecified atom stereocenters. The van der Waals surface area contributed by atoms with Crippen LogP contribution in [-0.2, 0) is 0 Å². The number of fused-ring (bicyclic) bond motifs is 9. The zero-order chi connectivity index (χ0) is 36.5. The minimum Gasteiger partial charge on any atom is -0.0761 e. The molecule has 0 fully saturated rings. The summed E-state index contributed by atoms with van der Waals surface area (Å²) in [4.78, 5) is 0. The molecule has 0 aliphatic heterocycles. The predicted molar refractivity (Wildman–Crippen MR) is 238 cm³/mol. The Morgan fingerprint density at radius 1 is 0.286 bits per heavy atom. The summed E-state index contributed by atoms with van der Waals surface area (Å²) < 4.78 is 0. The van der Waals surface area contributed by atoms with Gasteiger partial charge in [0.15, 0.2) is 0 Å². The molecular formula is C56H36. The lowest BCUT2D eigenvalue weighted by atomic mass is 9.82. The molecule has 0 aromatic heterocycles. The van der Waals surface area contributed by atoms with Crippen LogP contribution in [0.2, 0.25) is 0 Å². The molecule has 0 saturated heterocycles. The van der Waals surface area contributed by atoms with Gasteiger partial charge in [0.25, 0.3) is 0 Å². The largest absolute Gasteiger partial charge is 0.0761 e.